The molecular formula is C15H20BrNO. The van der Waals surface area contributed by atoms with E-state index in [4.69, 9.17) is 4.74 Å². The maximum atomic E-state index is 5.28. The van der Waals surface area contributed by atoms with Crippen molar-refractivity contribution < 1.29 is 4.74 Å². The topological polar surface area (TPSA) is 21.3 Å². The fraction of sp³-hybridized carbons (Fsp3) is 0.600. The maximum Gasteiger partial charge on any atom is 0.0554 e. The van der Waals surface area contributed by atoms with Crippen molar-refractivity contribution in [2.75, 3.05) is 19.8 Å². The molecule has 1 saturated carbocycles. The summed E-state index contributed by atoms with van der Waals surface area (Å²) in [5, 5.41) is 3.68. The molecule has 0 unspecified atom stereocenters. The van der Waals surface area contributed by atoms with Crippen LogP contribution in [0, 0.1) is 5.41 Å². The normalized spacial score (nSPS) is 29.4. The number of nitrogens with one attached hydrogen (secondary N) is 1. The van der Waals surface area contributed by atoms with Crippen LogP contribution in [0.1, 0.15) is 31.2 Å². The Hall–Kier alpha value is -0.380. The number of ether oxygens (including phenoxy) is 1. The minimum Gasteiger partial charge on any atom is -0.380 e. The average Bonchev–Trinajstić information content (AvgIpc) is 2.24. The van der Waals surface area contributed by atoms with Crippen molar-refractivity contribution in [2.24, 2.45) is 5.41 Å². The lowest BCUT2D eigenvalue weighted by Gasteiger charge is -2.42. The van der Waals surface area contributed by atoms with Gasteiger partial charge in [0.05, 0.1) is 13.2 Å². The molecule has 0 amide bonds. The van der Waals surface area contributed by atoms with E-state index in [1.54, 1.807) is 0 Å². The summed E-state index contributed by atoms with van der Waals surface area (Å²) in [5.41, 5.74) is 1.86. The van der Waals surface area contributed by atoms with Crippen molar-refractivity contribution in [1.82, 2.24) is 5.32 Å². The Morgan fingerprint density at radius 3 is 2.78 bits per heavy atom. The molecule has 1 aromatic rings. The highest BCUT2D eigenvalue weighted by molar-refractivity contribution is 9.10. The van der Waals surface area contributed by atoms with Gasteiger partial charge in [0.1, 0.15) is 0 Å². The van der Waals surface area contributed by atoms with Crippen LogP contribution in [0.15, 0.2) is 28.7 Å². The maximum absolute atomic E-state index is 5.28. The van der Waals surface area contributed by atoms with Gasteiger partial charge in [-0.25, -0.2) is 0 Å². The standard InChI is InChI=1S/C15H20BrNO/c1-15(9-18-10-15)8-17-14-6-12(7-14)11-3-2-4-13(16)5-11/h2-5,12,14,17H,6-10H2,1H3. The fourth-order valence-electron chi connectivity index (χ4n) is 2.76. The summed E-state index contributed by atoms with van der Waals surface area (Å²) < 4.78 is 6.47. The first kappa shape index (κ1) is 12.6. The number of hydrogen-bond acceptors (Lipinski definition) is 2. The molecule has 1 aliphatic carbocycles. The van der Waals surface area contributed by atoms with E-state index < -0.39 is 0 Å². The van der Waals surface area contributed by atoms with E-state index in [0.29, 0.717) is 11.5 Å². The Bertz CT molecular complexity index is 424. The van der Waals surface area contributed by atoms with Gasteiger partial charge in [-0.1, -0.05) is 35.0 Å². The Morgan fingerprint density at radius 1 is 1.39 bits per heavy atom. The molecule has 0 spiro atoms. The van der Waals surface area contributed by atoms with Gasteiger partial charge in [0.25, 0.3) is 0 Å². The molecule has 2 fully saturated rings. The molecule has 1 aromatic carbocycles. The lowest BCUT2D eigenvalue weighted by molar-refractivity contribution is -0.101. The highest BCUT2D eigenvalue weighted by Crippen LogP contribution is 2.38. The fourth-order valence-corrected chi connectivity index (χ4v) is 3.18. The lowest BCUT2D eigenvalue weighted by Crippen LogP contribution is -2.51. The van der Waals surface area contributed by atoms with Gasteiger partial charge in [-0.2, -0.15) is 0 Å². The van der Waals surface area contributed by atoms with E-state index in [-0.39, 0.29) is 0 Å². The third-order valence-electron chi connectivity index (χ3n) is 4.18. The SMILES string of the molecule is CC1(CNC2CC(c3cccc(Br)c3)C2)COC1. The summed E-state index contributed by atoms with van der Waals surface area (Å²) in [7, 11) is 0. The van der Waals surface area contributed by atoms with Gasteiger partial charge in [-0.3, -0.25) is 0 Å². The van der Waals surface area contributed by atoms with Crippen LogP contribution in [-0.2, 0) is 4.74 Å². The predicted molar refractivity (Wildman–Crippen MR) is 76.8 cm³/mol. The van der Waals surface area contributed by atoms with E-state index in [2.05, 4.69) is 52.4 Å². The second-order valence-corrected chi connectivity index (χ2v) is 7.02. The molecule has 0 aromatic heterocycles. The van der Waals surface area contributed by atoms with Crippen molar-refractivity contribution in [3.63, 3.8) is 0 Å². The molecule has 3 heteroatoms. The molecule has 3 rings (SSSR count). The van der Waals surface area contributed by atoms with Crippen molar-refractivity contribution in [2.45, 2.75) is 31.7 Å². The quantitative estimate of drug-likeness (QED) is 0.921. The number of rotatable bonds is 4. The molecule has 0 bridgehead atoms. The second kappa shape index (κ2) is 4.95. The molecule has 1 N–H and O–H groups in total. The lowest BCUT2D eigenvalue weighted by atomic mass is 9.75. The van der Waals surface area contributed by atoms with Gasteiger partial charge < -0.3 is 10.1 Å². The molecule has 0 atom stereocenters. The molecule has 2 aliphatic rings. The first-order valence-corrected chi connectivity index (χ1v) is 7.51. The first-order chi connectivity index (χ1) is 8.65. The Labute approximate surface area is 117 Å². The average molecular weight is 310 g/mol. The van der Waals surface area contributed by atoms with Crippen LogP contribution in [0.3, 0.4) is 0 Å². The van der Waals surface area contributed by atoms with Crippen molar-refractivity contribution in [3.8, 4) is 0 Å². The zero-order chi connectivity index (χ0) is 12.6. The van der Waals surface area contributed by atoms with Crippen molar-refractivity contribution >= 4 is 15.9 Å². The van der Waals surface area contributed by atoms with Crippen molar-refractivity contribution in [3.05, 3.63) is 34.3 Å². The Balaban J connectivity index is 1.45. The van der Waals surface area contributed by atoms with E-state index in [1.165, 1.54) is 22.9 Å². The molecule has 1 saturated heterocycles. The molecule has 98 valence electrons. The Kier molecular flexibility index (Phi) is 3.48. The summed E-state index contributed by atoms with van der Waals surface area (Å²) in [6.45, 7) is 5.24. The summed E-state index contributed by atoms with van der Waals surface area (Å²) in [5.74, 6) is 0.741. The van der Waals surface area contributed by atoms with Gasteiger partial charge in [0.15, 0.2) is 0 Å². The van der Waals surface area contributed by atoms with Crippen LogP contribution in [0.5, 0.6) is 0 Å². The molecule has 18 heavy (non-hydrogen) atoms. The smallest absolute Gasteiger partial charge is 0.0554 e. The monoisotopic (exact) mass is 309 g/mol. The summed E-state index contributed by atoms with van der Waals surface area (Å²) in [6.07, 6.45) is 2.54. The van der Waals surface area contributed by atoms with Crippen LogP contribution in [0.4, 0.5) is 0 Å². The summed E-state index contributed by atoms with van der Waals surface area (Å²) >= 11 is 3.54. The molecular weight excluding hydrogens is 290 g/mol. The van der Waals surface area contributed by atoms with Gasteiger partial charge in [-0.05, 0) is 36.5 Å². The third-order valence-corrected chi connectivity index (χ3v) is 4.67. The number of hydrogen-bond donors (Lipinski definition) is 1. The van der Waals surface area contributed by atoms with E-state index in [1.807, 2.05) is 0 Å². The molecule has 2 nitrogen and oxygen atoms in total. The van der Waals surface area contributed by atoms with Crippen LogP contribution in [0.2, 0.25) is 0 Å². The summed E-state index contributed by atoms with van der Waals surface area (Å²) in [4.78, 5) is 0. The van der Waals surface area contributed by atoms with Gasteiger partial charge in [-0.15, -0.1) is 0 Å². The van der Waals surface area contributed by atoms with Crippen LogP contribution < -0.4 is 5.32 Å². The number of benzene rings is 1. The largest absolute Gasteiger partial charge is 0.380 e. The van der Waals surface area contributed by atoms with Gasteiger partial charge >= 0.3 is 0 Å². The van der Waals surface area contributed by atoms with E-state index in [9.17, 15) is 0 Å². The zero-order valence-electron chi connectivity index (χ0n) is 10.8. The highest BCUT2D eigenvalue weighted by atomic mass is 79.9. The third kappa shape index (κ3) is 2.63. The van der Waals surface area contributed by atoms with Crippen molar-refractivity contribution in [1.29, 1.82) is 0 Å². The van der Waals surface area contributed by atoms with E-state index in [0.717, 1.165) is 25.7 Å². The molecule has 1 aliphatic heterocycles. The van der Waals surface area contributed by atoms with E-state index >= 15 is 0 Å². The highest BCUT2D eigenvalue weighted by Gasteiger charge is 2.36. The predicted octanol–water partition coefficient (Wildman–Crippen LogP) is 3.32. The Morgan fingerprint density at radius 2 is 2.17 bits per heavy atom. The minimum absolute atomic E-state index is 0.390. The van der Waals surface area contributed by atoms with Gasteiger partial charge in [0.2, 0.25) is 0 Å². The first-order valence-electron chi connectivity index (χ1n) is 6.71. The minimum atomic E-state index is 0.390. The van der Waals surface area contributed by atoms with Gasteiger partial charge in [0, 0.05) is 22.5 Å². The summed E-state index contributed by atoms with van der Waals surface area (Å²) in [6, 6.07) is 9.42. The molecule has 0 radical (unpaired) electrons. The van der Waals surface area contributed by atoms with Crippen LogP contribution >= 0.6 is 15.9 Å². The second-order valence-electron chi connectivity index (χ2n) is 6.10. The zero-order valence-corrected chi connectivity index (χ0v) is 12.4. The van der Waals surface area contributed by atoms with Crippen LogP contribution in [-0.4, -0.2) is 25.8 Å². The molecule has 1 heterocycles. The number of halogens is 1. The van der Waals surface area contributed by atoms with Crippen LogP contribution in [0.25, 0.3) is 0 Å².